The summed E-state index contributed by atoms with van der Waals surface area (Å²) >= 11 is 3.53. The Kier molecular flexibility index (Phi) is 6.56. The van der Waals surface area contributed by atoms with Crippen LogP contribution < -0.4 is 5.11 Å². The largest absolute Gasteiger partial charge is 0.811 e. The molecule has 0 amide bonds. The first-order chi connectivity index (χ1) is 11.7. The molecule has 0 saturated heterocycles. The Morgan fingerprint density at radius 2 is 0.821 bits per heavy atom. The van der Waals surface area contributed by atoms with Crippen molar-refractivity contribution in [2.75, 3.05) is 0 Å². The summed E-state index contributed by atoms with van der Waals surface area (Å²) < 4.78 is 201. The number of halogens is 17. The van der Waals surface area contributed by atoms with Gasteiger partial charge in [0.25, 0.3) is 0 Å². The molecule has 0 heterocycles. The van der Waals surface area contributed by atoms with Gasteiger partial charge in [-0.15, -0.1) is 0 Å². The maximum absolute atomic E-state index is 13.3. The van der Waals surface area contributed by atoms with Crippen LogP contribution in [0.1, 0.15) is 0 Å². The van der Waals surface area contributed by atoms with Crippen LogP contribution in [0, 0.1) is 0 Å². The number of rotatable bonds is 6. The Hall–Kier alpha value is -0.950. The van der Waals surface area contributed by atoms with E-state index in [1.165, 1.54) is 9.47 Å². The molecular formula is C8ClF16O3-. The van der Waals surface area contributed by atoms with Gasteiger partial charge in [-0.25, -0.2) is 18.3 Å². The summed E-state index contributed by atoms with van der Waals surface area (Å²) in [5.74, 6) is -7.47. The molecule has 3 unspecified atom stereocenters. The van der Waals surface area contributed by atoms with Crippen molar-refractivity contribution in [1.82, 2.24) is 0 Å². The first kappa shape index (κ1) is 27.0. The van der Waals surface area contributed by atoms with E-state index in [1.807, 2.05) is 0 Å². The summed E-state index contributed by atoms with van der Waals surface area (Å²) in [5, 5.41) is 3.35. The van der Waals surface area contributed by atoms with Crippen LogP contribution in [0.4, 0.5) is 70.2 Å². The lowest BCUT2D eigenvalue weighted by atomic mass is 10.2. The molecule has 0 bridgehead atoms. The minimum atomic E-state index is -7.60. The first-order valence-electron chi connectivity index (χ1n) is 5.48. The van der Waals surface area contributed by atoms with E-state index in [4.69, 9.17) is 0 Å². The van der Waals surface area contributed by atoms with Gasteiger partial charge in [-0.3, -0.25) is 0 Å². The molecule has 0 saturated carbocycles. The van der Waals surface area contributed by atoms with E-state index in [9.17, 15) is 75.4 Å². The SMILES string of the molecule is [O-]C(F)(C(F)(F)F)C(F)(F)OC(F)(OC(F)(F)C(F)(Cl)C(F)(F)F)C(F)(F)F. The first-order valence-corrected chi connectivity index (χ1v) is 5.86. The average Bonchev–Trinajstić information content (AvgIpc) is 2.32. The molecule has 0 aromatic heterocycles. The van der Waals surface area contributed by atoms with Crippen LogP contribution in [0.15, 0.2) is 0 Å². The Balaban J connectivity index is 6.28. The molecule has 0 aliphatic rings. The standard InChI is InChI=1S/C8ClF16O3/c9-1(10,3(12,13)14)6(21,22)27-8(25,5(18,19)20)28-7(23,24)2(11,26)4(15,16)17/q-1. The average molecular weight is 484 g/mol. The Labute approximate surface area is 145 Å². The van der Waals surface area contributed by atoms with Gasteiger partial charge in [0, 0.05) is 0 Å². The summed E-state index contributed by atoms with van der Waals surface area (Å²) in [7, 11) is 0. The highest BCUT2D eigenvalue weighted by Crippen LogP contribution is 2.54. The van der Waals surface area contributed by atoms with Gasteiger partial charge in [0.15, 0.2) is 0 Å². The van der Waals surface area contributed by atoms with Gasteiger partial charge >= 0.3 is 41.9 Å². The van der Waals surface area contributed by atoms with Crippen molar-refractivity contribution in [2.24, 2.45) is 0 Å². The molecule has 0 radical (unpaired) electrons. The van der Waals surface area contributed by atoms with Gasteiger partial charge in [0.1, 0.15) is 0 Å². The zero-order valence-corrected chi connectivity index (χ0v) is 12.4. The molecule has 0 aliphatic carbocycles. The fourth-order valence-electron chi connectivity index (χ4n) is 0.926. The van der Waals surface area contributed by atoms with Gasteiger partial charge in [-0.05, 0) is 0 Å². The van der Waals surface area contributed by atoms with E-state index in [0.29, 0.717) is 0 Å². The van der Waals surface area contributed by atoms with Crippen LogP contribution in [0.25, 0.3) is 0 Å². The van der Waals surface area contributed by atoms with Gasteiger partial charge in [-0.1, -0.05) is 11.6 Å². The second kappa shape index (κ2) is 6.79. The quantitative estimate of drug-likeness (QED) is 0.319. The lowest BCUT2D eigenvalue weighted by molar-refractivity contribution is -0.668. The highest BCUT2D eigenvalue weighted by Gasteiger charge is 2.79. The summed E-state index contributed by atoms with van der Waals surface area (Å²) in [6, 6.07) is -7.51. The van der Waals surface area contributed by atoms with Crippen LogP contribution >= 0.6 is 11.6 Å². The third kappa shape index (κ3) is 4.61. The summed E-state index contributed by atoms with van der Waals surface area (Å²) in [5.41, 5.74) is 0. The molecule has 0 aliphatic heterocycles. The Bertz CT molecular complexity index is 520. The molecule has 28 heavy (non-hydrogen) atoms. The van der Waals surface area contributed by atoms with E-state index in [1.54, 1.807) is 0 Å². The fourth-order valence-corrected chi connectivity index (χ4v) is 0.965. The third-order valence-electron chi connectivity index (χ3n) is 2.32. The molecule has 0 aromatic carbocycles. The predicted octanol–water partition coefficient (Wildman–Crippen LogP) is 4.45. The van der Waals surface area contributed by atoms with Crippen molar-refractivity contribution in [3.05, 3.63) is 0 Å². The third-order valence-corrected chi connectivity index (χ3v) is 2.75. The Morgan fingerprint density at radius 1 is 0.500 bits per heavy atom. The van der Waals surface area contributed by atoms with Crippen LogP contribution in [-0.4, -0.2) is 47.8 Å². The van der Waals surface area contributed by atoms with E-state index in [0.717, 1.165) is 0 Å². The zero-order chi connectivity index (χ0) is 23.4. The lowest BCUT2D eigenvalue weighted by Crippen LogP contribution is -2.69. The van der Waals surface area contributed by atoms with E-state index < -0.39 is 47.8 Å². The van der Waals surface area contributed by atoms with Crippen LogP contribution in [0.3, 0.4) is 0 Å². The smallest absolute Gasteiger partial charge is 0.478 e. The van der Waals surface area contributed by atoms with Gasteiger partial charge in [-0.2, -0.15) is 61.5 Å². The second-order valence-corrected chi connectivity index (χ2v) is 4.96. The minimum absolute atomic E-state index is 1.40. The van der Waals surface area contributed by atoms with E-state index in [2.05, 4.69) is 11.6 Å². The van der Waals surface area contributed by atoms with E-state index >= 15 is 0 Å². The maximum Gasteiger partial charge on any atom is 0.478 e. The summed E-state index contributed by atoms with van der Waals surface area (Å²) in [6.45, 7) is 0. The number of alkyl halides is 17. The van der Waals surface area contributed by atoms with Gasteiger partial charge in [0.05, 0.1) is 0 Å². The molecule has 20 heteroatoms. The number of ether oxygens (including phenoxy) is 2. The molecular weight excluding hydrogens is 484 g/mol. The monoisotopic (exact) mass is 483 g/mol. The van der Waals surface area contributed by atoms with Gasteiger partial charge < -0.3 is 5.11 Å². The van der Waals surface area contributed by atoms with Crippen molar-refractivity contribution in [2.45, 2.75) is 47.8 Å². The molecule has 0 spiro atoms. The predicted molar refractivity (Wildman–Crippen MR) is 47.6 cm³/mol. The van der Waals surface area contributed by atoms with Crippen LogP contribution in [0.5, 0.6) is 0 Å². The normalized spacial score (nSPS) is 21.6. The highest BCUT2D eigenvalue weighted by molar-refractivity contribution is 6.24. The molecule has 0 rings (SSSR count). The topological polar surface area (TPSA) is 41.5 Å². The molecule has 0 N–H and O–H groups in total. The summed E-state index contributed by atoms with van der Waals surface area (Å²) in [6.07, 6.45) is -37.0. The van der Waals surface area contributed by atoms with Crippen molar-refractivity contribution < 1.29 is 84.8 Å². The van der Waals surface area contributed by atoms with E-state index in [-0.39, 0.29) is 0 Å². The number of hydrogen-bond acceptors (Lipinski definition) is 3. The summed E-state index contributed by atoms with van der Waals surface area (Å²) in [4.78, 5) is 0. The van der Waals surface area contributed by atoms with Crippen molar-refractivity contribution in [3.63, 3.8) is 0 Å². The number of hydrogen-bond donors (Lipinski definition) is 0. The second-order valence-electron chi connectivity index (χ2n) is 4.44. The lowest BCUT2D eigenvalue weighted by Gasteiger charge is -2.42. The fraction of sp³-hybridized carbons (Fsp3) is 1.00. The van der Waals surface area contributed by atoms with Crippen LogP contribution in [-0.2, 0) is 9.47 Å². The van der Waals surface area contributed by atoms with Gasteiger partial charge in [0.2, 0.25) is 5.85 Å². The molecule has 0 aromatic rings. The molecule has 3 nitrogen and oxygen atoms in total. The van der Waals surface area contributed by atoms with Crippen molar-refractivity contribution >= 4 is 11.6 Å². The minimum Gasteiger partial charge on any atom is -0.811 e. The van der Waals surface area contributed by atoms with Crippen LogP contribution in [0.2, 0.25) is 0 Å². The zero-order valence-electron chi connectivity index (χ0n) is 11.7. The maximum atomic E-state index is 13.3. The molecule has 0 fully saturated rings. The molecule has 3 atom stereocenters. The van der Waals surface area contributed by atoms with Crippen molar-refractivity contribution in [1.29, 1.82) is 0 Å². The van der Waals surface area contributed by atoms with Crippen molar-refractivity contribution in [3.8, 4) is 0 Å². The molecule has 170 valence electrons. The highest BCUT2D eigenvalue weighted by atomic mass is 35.5. The Morgan fingerprint density at radius 3 is 1.07 bits per heavy atom.